The van der Waals surface area contributed by atoms with Crippen LogP contribution in [0.1, 0.15) is 6.42 Å². The second-order valence-electron chi connectivity index (χ2n) is 5.32. The van der Waals surface area contributed by atoms with E-state index >= 15 is 0 Å². The van der Waals surface area contributed by atoms with Crippen LogP contribution in [0.15, 0.2) is 59.5 Å². The van der Waals surface area contributed by atoms with E-state index in [9.17, 15) is 13.2 Å². The summed E-state index contributed by atoms with van der Waals surface area (Å²) in [7, 11) is -3.68. The Morgan fingerprint density at radius 1 is 1.04 bits per heavy atom. The van der Waals surface area contributed by atoms with Crippen molar-refractivity contribution in [3.05, 3.63) is 59.6 Å². The zero-order valence-corrected chi connectivity index (χ0v) is 13.7. The minimum Gasteiger partial charge on any atom is -0.311 e. The third kappa shape index (κ3) is 3.55. The van der Waals surface area contributed by atoms with Crippen molar-refractivity contribution in [2.75, 3.05) is 11.4 Å². The summed E-state index contributed by atoms with van der Waals surface area (Å²) in [5.41, 5.74) is 0.769. The lowest BCUT2D eigenvalue weighted by molar-refractivity contribution is -0.117. The minimum atomic E-state index is -3.68. The Balaban J connectivity index is 1.74. The summed E-state index contributed by atoms with van der Waals surface area (Å²) in [4.78, 5) is 13.9. The van der Waals surface area contributed by atoms with Crippen molar-refractivity contribution in [1.82, 2.24) is 4.72 Å². The standard InChI is InChI=1S/C16H15ClN2O3S/c17-12-6-8-15(9-7-12)23(21,22)18-13-10-16(20)19(11-13)14-4-2-1-3-5-14/h1-9,13,18H,10-11H2/t13-/m0/s1. The molecule has 1 N–H and O–H groups in total. The molecule has 7 heteroatoms. The molecule has 0 aliphatic carbocycles. The molecule has 1 heterocycles. The van der Waals surface area contributed by atoms with Gasteiger partial charge in [0.25, 0.3) is 0 Å². The first-order valence-electron chi connectivity index (χ1n) is 7.09. The smallest absolute Gasteiger partial charge is 0.240 e. The quantitative estimate of drug-likeness (QED) is 0.920. The molecule has 1 aliphatic heterocycles. The van der Waals surface area contributed by atoms with Crippen molar-refractivity contribution in [2.45, 2.75) is 17.4 Å². The normalized spacial score (nSPS) is 18.4. The molecular formula is C16H15ClN2O3S. The molecule has 1 aliphatic rings. The van der Waals surface area contributed by atoms with Crippen LogP contribution in [0.4, 0.5) is 5.69 Å². The van der Waals surface area contributed by atoms with E-state index in [2.05, 4.69) is 4.72 Å². The van der Waals surface area contributed by atoms with E-state index in [-0.39, 0.29) is 17.2 Å². The molecule has 120 valence electrons. The van der Waals surface area contributed by atoms with Crippen LogP contribution in [0.25, 0.3) is 0 Å². The maximum absolute atomic E-state index is 12.4. The average Bonchev–Trinajstić information content (AvgIpc) is 2.88. The summed E-state index contributed by atoms with van der Waals surface area (Å²) >= 11 is 5.77. The maximum Gasteiger partial charge on any atom is 0.240 e. The molecule has 1 saturated heterocycles. The highest BCUT2D eigenvalue weighted by Crippen LogP contribution is 2.22. The lowest BCUT2D eigenvalue weighted by Crippen LogP contribution is -2.37. The Morgan fingerprint density at radius 3 is 2.35 bits per heavy atom. The summed E-state index contributed by atoms with van der Waals surface area (Å²) in [5, 5.41) is 0.468. The molecule has 0 saturated carbocycles. The van der Waals surface area contributed by atoms with Gasteiger partial charge in [-0.3, -0.25) is 4.79 Å². The SMILES string of the molecule is O=C1C[C@H](NS(=O)(=O)c2ccc(Cl)cc2)CN1c1ccccc1. The van der Waals surface area contributed by atoms with Crippen molar-refractivity contribution in [2.24, 2.45) is 0 Å². The lowest BCUT2D eigenvalue weighted by Gasteiger charge is -2.17. The molecule has 1 fully saturated rings. The van der Waals surface area contributed by atoms with Gasteiger partial charge in [-0.2, -0.15) is 0 Å². The number of carbonyl (C=O) groups excluding carboxylic acids is 1. The lowest BCUT2D eigenvalue weighted by atomic mass is 10.3. The van der Waals surface area contributed by atoms with Gasteiger partial charge >= 0.3 is 0 Å². The third-order valence-corrected chi connectivity index (χ3v) is 5.43. The molecule has 0 radical (unpaired) electrons. The van der Waals surface area contributed by atoms with Crippen molar-refractivity contribution in [3.63, 3.8) is 0 Å². The van der Waals surface area contributed by atoms with Gasteiger partial charge in [-0.15, -0.1) is 0 Å². The third-order valence-electron chi connectivity index (χ3n) is 3.64. The van der Waals surface area contributed by atoms with E-state index in [0.717, 1.165) is 5.69 Å². The van der Waals surface area contributed by atoms with Crippen LogP contribution in [-0.2, 0) is 14.8 Å². The van der Waals surface area contributed by atoms with E-state index in [0.29, 0.717) is 11.6 Å². The molecule has 23 heavy (non-hydrogen) atoms. The Labute approximate surface area is 139 Å². The first kappa shape index (κ1) is 16.0. The van der Waals surface area contributed by atoms with E-state index < -0.39 is 16.1 Å². The number of sulfonamides is 1. The first-order chi connectivity index (χ1) is 11.0. The fraction of sp³-hybridized carbons (Fsp3) is 0.188. The summed E-state index contributed by atoms with van der Waals surface area (Å²) in [6, 6.07) is 14.7. The van der Waals surface area contributed by atoms with Crippen molar-refractivity contribution in [1.29, 1.82) is 0 Å². The predicted octanol–water partition coefficient (Wildman–Crippen LogP) is 2.42. The number of benzene rings is 2. The van der Waals surface area contributed by atoms with Gasteiger partial charge in [0, 0.05) is 29.7 Å². The Bertz CT molecular complexity index is 807. The van der Waals surface area contributed by atoms with Gasteiger partial charge in [-0.25, -0.2) is 13.1 Å². The zero-order chi connectivity index (χ0) is 16.4. The molecule has 5 nitrogen and oxygen atoms in total. The number of anilines is 1. The molecule has 0 bridgehead atoms. The summed E-state index contributed by atoms with van der Waals surface area (Å²) in [5.74, 6) is -0.0972. The molecule has 1 amide bonds. The van der Waals surface area contributed by atoms with Gasteiger partial charge in [0.1, 0.15) is 0 Å². The van der Waals surface area contributed by atoms with Crippen molar-refractivity contribution >= 4 is 33.2 Å². The van der Waals surface area contributed by atoms with E-state index in [1.807, 2.05) is 30.3 Å². The molecule has 3 rings (SSSR count). The monoisotopic (exact) mass is 350 g/mol. The fourth-order valence-corrected chi connectivity index (χ4v) is 3.90. The van der Waals surface area contributed by atoms with Crippen LogP contribution in [-0.4, -0.2) is 26.9 Å². The van der Waals surface area contributed by atoms with Crippen LogP contribution >= 0.6 is 11.6 Å². The molecule has 0 unspecified atom stereocenters. The van der Waals surface area contributed by atoms with E-state index in [1.165, 1.54) is 24.3 Å². The van der Waals surface area contributed by atoms with Gasteiger partial charge in [-0.1, -0.05) is 29.8 Å². The number of hydrogen-bond acceptors (Lipinski definition) is 3. The highest BCUT2D eigenvalue weighted by atomic mass is 35.5. The molecular weight excluding hydrogens is 336 g/mol. The second-order valence-corrected chi connectivity index (χ2v) is 7.47. The number of nitrogens with one attached hydrogen (secondary N) is 1. The Kier molecular flexibility index (Phi) is 4.39. The van der Waals surface area contributed by atoms with E-state index in [1.54, 1.807) is 4.90 Å². The summed E-state index contributed by atoms with van der Waals surface area (Å²) in [6.07, 6.45) is 0.141. The second kappa shape index (κ2) is 6.31. The summed E-state index contributed by atoms with van der Waals surface area (Å²) in [6.45, 7) is 0.315. The maximum atomic E-state index is 12.4. The number of halogens is 1. The molecule has 1 atom stereocenters. The number of amides is 1. The van der Waals surface area contributed by atoms with Crippen LogP contribution in [0, 0.1) is 0 Å². The minimum absolute atomic E-state index is 0.0972. The highest BCUT2D eigenvalue weighted by molar-refractivity contribution is 7.89. The van der Waals surface area contributed by atoms with Gasteiger partial charge in [0.15, 0.2) is 0 Å². The van der Waals surface area contributed by atoms with Gasteiger partial charge < -0.3 is 4.90 Å². The largest absolute Gasteiger partial charge is 0.311 e. The molecule has 0 spiro atoms. The van der Waals surface area contributed by atoms with Gasteiger partial charge in [-0.05, 0) is 36.4 Å². The topological polar surface area (TPSA) is 66.5 Å². The number of hydrogen-bond donors (Lipinski definition) is 1. The van der Waals surface area contributed by atoms with Crippen molar-refractivity contribution < 1.29 is 13.2 Å². The molecule has 0 aromatic heterocycles. The summed E-state index contributed by atoms with van der Waals surface area (Å²) < 4.78 is 27.3. The fourth-order valence-electron chi connectivity index (χ4n) is 2.55. The Hall–Kier alpha value is -1.89. The van der Waals surface area contributed by atoms with Crippen LogP contribution in [0.2, 0.25) is 5.02 Å². The number of carbonyl (C=O) groups is 1. The first-order valence-corrected chi connectivity index (χ1v) is 8.95. The van der Waals surface area contributed by atoms with Crippen molar-refractivity contribution in [3.8, 4) is 0 Å². The van der Waals surface area contributed by atoms with Crippen LogP contribution in [0.5, 0.6) is 0 Å². The van der Waals surface area contributed by atoms with E-state index in [4.69, 9.17) is 11.6 Å². The number of rotatable bonds is 4. The van der Waals surface area contributed by atoms with Gasteiger partial charge in [0.05, 0.1) is 4.90 Å². The van der Waals surface area contributed by atoms with Gasteiger partial charge in [0.2, 0.25) is 15.9 Å². The zero-order valence-electron chi connectivity index (χ0n) is 12.1. The number of nitrogens with zero attached hydrogens (tertiary/aromatic N) is 1. The Morgan fingerprint density at radius 2 is 1.70 bits per heavy atom. The molecule has 2 aromatic rings. The number of para-hydroxylation sites is 1. The average molecular weight is 351 g/mol. The predicted molar refractivity (Wildman–Crippen MR) is 89.0 cm³/mol. The van der Waals surface area contributed by atoms with Crippen LogP contribution in [0.3, 0.4) is 0 Å². The molecule has 2 aromatic carbocycles. The van der Waals surface area contributed by atoms with Crippen LogP contribution < -0.4 is 9.62 Å². The highest BCUT2D eigenvalue weighted by Gasteiger charge is 2.33.